The van der Waals surface area contributed by atoms with Gasteiger partial charge in [0, 0.05) is 31.2 Å². The molecule has 0 aliphatic rings. The van der Waals surface area contributed by atoms with E-state index in [0.29, 0.717) is 18.4 Å². The average Bonchev–Trinajstić information content (AvgIpc) is 2.84. The lowest BCUT2D eigenvalue weighted by molar-refractivity contribution is 0.156. The second-order valence-corrected chi connectivity index (χ2v) is 5.62. The largest absolute Gasteiger partial charge is 0.352 e. The summed E-state index contributed by atoms with van der Waals surface area (Å²) in [5.74, 6) is 0.625. The number of fused-ring (bicyclic) bond motifs is 1. The van der Waals surface area contributed by atoms with Gasteiger partial charge in [0.25, 0.3) is 6.43 Å². The number of nitrogens with one attached hydrogen (secondary N) is 1. The van der Waals surface area contributed by atoms with Crippen LogP contribution < -0.4 is 10.2 Å². The molecule has 106 valence electrons. The smallest absolute Gasteiger partial charge is 0.255 e. The minimum Gasteiger partial charge on any atom is -0.352 e. The molecular weight excluding hydrogens is 270 g/mol. The van der Waals surface area contributed by atoms with Crippen molar-refractivity contribution in [1.29, 1.82) is 0 Å². The Morgan fingerprint density at radius 1 is 1.47 bits per heavy atom. The van der Waals surface area contributed by atoms with Crippen molar-refractivity contribution in [3.05, 3.63) is 17.3 Å². The topological polar surface area (TPSA) is 32.6 Å². The molecule has 0 saturated heterocycles. The van der Waals surface area contributed by atoms with E-state index < -0.39 is 6.43 Å². The van der Waals surface area contributed by atoms with Gasteiger partial charge in [-0.15, -0.1) is 11.3 Å². The lowest BCUT2D eigenvalue weighted by Crippen LogP contribution is -2.28. The quantitative estimate of drug-likeness (QED) is 0.887. The van der Waals surface area contributed by atoms with E-state index in [1.165, 1.54) is 16.2 Å². The molecule has 0 atom stereocenters. The molecule has 1 N–H and O–H groups in total. The summed E-state index contributed by atoms with van der Waals surface area (Å²) in [5.41, 5.74) is 0.924. The highest BCUT2D eigenvalue weighted by molar-refractivity contribution is 7.15. The minimum absolute atomic E-state index is 0.306. The van der Waals surface area contributed by atoms with Gasteiger partial charge in [-0.1, -0.05) is 13.8 Å². The number of hydrogen-bond acceptors (Lipinski definition) is 4. The molecule has 2 rings (SSSR count). The maximum Gasteiger partial charge on any atom is 0.255 e. The molecule has 2 heterocycles. The molecule has 0 unspecified atom stereocenters. The number of imidazole rings is 1. The van der Waals surface area contributed by atoms with Gasteiger partial charge < -0.3 is 10.2 Å². The Balaban J connectivity index is 2.30. The van der Waals surface area contributed by atoms with Crippen LogP contribution in [-0.2, 0) is 6.54 Å². The average molecular weight is 288 g/mol. The predicted octanol–water partition coefficient (Wildman–Crippen LogP) is 2.60. The third kappa shape index (κ3) is 3.22. The minimum atomic E-state index is -2.37. The van der Waals surface area contributed by atoms with E-state index >= 15 is 0 Å². The number of hydrogen-bond donors (Lipinski definition) is 1. The first-order valence-electron chi connectivity index (χ1n) is 6.16. The van der Waals surface area contributed by atoms with Gasteiger partial charge >= 0.3 is 0 Å². The monoisotopic (exact) mass is 288 g/mol. The number of thiazole rings is 1. The molecule has 4 nitrogen and oxygen atoms in total. The second kappa shape index (κ2) is 5.83. The summed E-state index contributed by atoms with van der Waals surface area (Å²) in [7, 11) is 1.65. The van der Waals surface area contributed by atoms with Crippen molar-refractivity contribution < 1.29 is 8.78 Å². The number of anilines is 1. The van der Waals surface area contributed by atoms with Crippen LogP contribution in [0.4, 0.5) is 14.6 Å². The number of nitrogens with zero attached hydrogens (tertiary/aromatic N) is 3. The van der Waals surface area contributed by atoms with Gasteiger partial charge in [0.2, 0.25) is 0 Å². The van der Waals surface area contributed by atoms with Crippen molar-refractivity contribution in [3.63, 3.8) is 0 Å². The van der Waals surface area contributed by atoms with Crippen molar-refractivity contribution in [2.45, 2.75) is 32.9 Å². The molecule has 0 saturated carbocycles. The molecule has 0 aliphatic carbocycles. The molecule has 2 aromatic rings. The van der Waals surface area contributed by atoms with Crippen LogP contribution in [0.15, 0.2) is 11.6 Å². The zero-order valence-corrected chi connectivity index (χ0v) is 12.0. The zero-order valence-electron chi connectivity index (χ0n) is 11.2. The molecule has 0 amide bonds. The summed E-state index contributed by atoms with van der Waals surface area (Å²) in [6, 6.07) is 0.331. The Bertz CT molecular complexity index is 535. The number of aromatic nitrogens is 2. The van der Waals surface area contributed by atoms with Crippen molar-refractivity contribution in [1.82, 2.24) is 14.7 Å². The number of alkyl halides is 2. The molecule has 19 heavy (non-hydrogen) atoms. The molecule has 0 bridgehead atoms. The molecule has 2 aromatic heterocycles. The molecule has 0 fully saturated rings. The molecular formula is C12H18F2N4S. The van der Waals surface area contributed by atoms with Crippen LogP contribution in [0, 0.1) is 0 Å². The highest BCUT2D eigenvalue weighted by atomic mass is 32.1. The summed E-state index contributed by atoms with van der Waals surface area (Å²) >= 11 is 1.50. The fourth-order valence-electron chi connectivity index (χ4n) is 1.89. The summed E-state index contributed by atoms with van der Waals surface area (Å²) in [4.78, 5) is 6.78. The zero-order chi connectivity index (χ0) is 14.0. The highest BCUT2D eigenvalue weighted by Crippen LogP contribution is 2.24. The van der Waals surface area contributed by atoms with Gasteiger partial charge in [-0.3, -0.25) is 4.40 Å². The lowest BCUT2D eigenvalue weighted by Gasteiger charge is -2.18. The lowest BCUT2D eigenvalue weighted by atomic mass is 10.3. The summed E-state index contributed by atoms with van der Waals surface area (Å²) in [5, 5.41) is 5.25. The van der Waals surface area contributed by atoms with E-state index in [1.807, 2.05) is 29.8 Å². The van der Waals surface area contributed by atoms with Crippen LogP contribution in [0.2, 0.25) is 0 Å². The van der Waals surface area contributed by atoms with E-state index in [2.05, 4.69) is 10.3 Å². The third-order valence-corrected chi connectivity index (χ3v) is 3.55. The first-order chi connectivity index (χ1) is 8.99. The molecule has 0 aromatic carbocycles. The maximum atomic E-state index is 12.5. The maximum absolute atomic E-state index is 12.5. The van der Waals surface area contributed by atoms with Gasteiger partial charge in [0.1, 0.15) is 0 Å². The second-order valence-electron chi connectivity index (χ2n) is 4.74. The van der Waals surface area contributed by atoms with E-state index in [9.17, 15) is 8.78 Å². The summed E-state index contributed by atoms with van der Waals surface area (Å²) in [6.45, 7) is 4.40. The fourth-order valence-corrected chi connectivity index (χ4v) is 2.61. The van der Waals surface area contributed by atoms with Crippen LogP contribution in [-0.4, -0.2) is 35.4 Å². The van der Waals surface area contributed by atoms with Crippen LogP contribution in [0.5, 0.6) is 0 Å². The predicted molar refractivity (Wildman–Crippen MR) is 74.3 cm³/mol. The number of halogens is 2. The first kappa shape index (κ1) is 14.2. The van der Waals surface area contributed by atoms with Gasteiger partial charge in [0.15, 0.2) is 10.8 Å². The van der Waals surface area contributed by atoms with Crippen molar-refractivity contribution in [3.8, 4) is 0 Å². The van der Waals surface area contributed by atoms with E-state index in [-0.39, 0.29) is 6.54 Å². The summed E-state index contributed by atoms with van der Waals surface area (Å²) < 4.78 is 27.0. The Hall–Kier alpha value is -1.21. The highest BCUT2D eigenvalue weighted by Gasteiger charge is 2.18. The van der Waals surface area contributed by atoms with Gasteiger partial charge in [-0.2, -0.15) is 0 Å². The van der Waals surface area contributed by atoms with E-state index in [1.54, 1.807) is 7.05 Å². The van der Waals surface area contributed by atoms with E-state index in [4.69, 9.17) is 0 Å². The van der Waals surface area contributed by atoms with Crippen molar-refractivity contribution in [2.24, 2.45) is 0 Å². The van der Waals surface area contributed by atoms with E-state index in [0.717, 1.165) is 10.7 Å². The van der Waals surface area contributed by atoms with Crippen LogP contribution in [0.1, 0.15) is 19.5 Å². The fraction of sp³-hybridized carbons (Fsp3) is 0.583. The Morgan fingerprint density at radius 3 is 2.84 bits per heavy atom. The van der Waals surface area contributed by atoms with Crippen LogP contribution >= 0.6 is 11.3 Å². The Morgan fingerprint density at radius 2 is 2.21 bits per heavy atom. The number of rotatable bonds is 6. The standard InChI is InChI=1S/C12H18F2N4S/c1-8(2)15-6-9-11(17(3)7-10(13)14)16-12-18(9)4-5-19-12/h4-5,8,10,15H,6-7H2,1-3H3. The third-order valence-electron chi connectivity index (χ3n) is 2.79. The molecule has 0 aliphatic heterocycles. The van der Waals surface area contributed by atoms with Gasteiger partial charge in [-0.05, 0) is 0 Å². The van der Waals surface area contributed by atoms with Crippen LogP contribution in [0.25, 0.3) is 4.96 Å². The van der Waals surface area contributed by atoms with Crippen molar-refractivity contribution in [2.75, 3.05) is 18.5 Å². The Kier molecular flexibility index (Phi) is 4.36. The van der Waals surface area contributed by atoms with Gasteiger partial charge in [-0.25, -0.2) is 13.8 Å². The molecule has 0 spiro atoms. The van der Waals surface area contributed by atoms with Gasteiger partial charge in [0.05, 0.1) is 12.2 Å². The normalized spacial score (nSPS) is 11.9. The SMILES string of the molecule is CC(C)NCc1c(N(C)CC(F)F)nc2sccn12. The molecule has 0 radical (unpaired) electrons. The Labute approximate surface area is 115 Å². The van der Waals surface area contributed by atoms with Crippen LogP contribution in [0.3, 0.4) is 0 Å². The molecule has 7 heteroatoms. The first-order valence-corrected chi connectivity index (χ1v) is 7.04. The summed E-state index contributed by atoms with van der Waals surface area (Å²) in [6.07, 6.45) is -0.444. The van der Waals surface area contributed by atoms with Crippen molar-refractivity contribution >= 4 is 22.1 Å².